The Balaban J connectivity index is 1.98. The quantitative estimate of drug-likeness (QED) is 0.781. The van der Waals surface area contributed by atoms with Gasteiger partial charge in [0.15, 0.2) is 0 Å². The molecule has 1 fully saturated rings. The van der Waals surface area contributed by atoms with Gasteiger partial charge in [-0.05, 0) is 43.5 Å². The summed E-state index contributed by atoms with van der Waals surface area (Å²) in [4.78, 5) is 23.2. The van der Waals surface area contributed by atoms with Gasteiger partial charge < -0.3 is 21.1 Å². The van der Waals surface area contributed by atoms with E-state index < -0.39 is 6.10 Å². The number of anilines is 2. The number of hydrogen-bond acceptors (Lipinski definition) is 4. The Morgan fingerprint density at radius 1 is 1.33 bits per heavy atom. The zero-order chi connectivity index (χ0) is 15.4. The molecular weight excluding hydrogens is 270 g/mol. The van der Waals surface area contributed by atoms with Crippen LogP contribution in [0.15, 0.2) is 18.2 Å². The molecule has 0 aliphatic carbocycles. The largest absolute Gasteiger partial charge is 0.364 e. The average Bonchev–Trinajstić information content (AvgIpc) is 2.90. The lowest BCUT2D eigenvalue weighted by molar-refractivity contribution is -0.126. The predicted molar refractivity (Wildman–Crippen MR) is 81.1 cm³/mol. The number of benzene rings is 1. The highest BCUT2D eigenvalue weighted by molar-refractivity contribution is 5.95. The Morgan fingerprint density at radius 2 is 2.10 bits per heavy atom. The first kappa shape index (κ1) is 15.5. The van der Waals surface area contributed by atoms with E-state index in [1.807, 2.05) is 13.0 Å². The van der Waals surface area contributed by atoms with Crippen molar-refractivity contribution in [1.82, 2.24) is 0 Å². The van der Waals surface area contributed by atoms with Gasteiger partial charge in [-0.25, -0.2) is 0 Å². The van der Waals surface area contributed by atoms with Gasteiger partial charge in [-0.2, -0.15) is 0 Å². The van der Waals surface area contributed by atoms with Crippen LogP contribution in [0.4, 0.5) is 11.4 Å². The highest BCUT2D eigenvalue weighted by atomic mass is 16.5. The van der Waals surface area contributed by atoms with Crippen molar-refractivity contribution in [3.05, 3.63) is 23.8 Å². The molecule has 1 aromatic carbocycles. The molecule has 2 atom stereocenters. The fraction of sp³-hybridized carbons (Fsp3) is 0.467. The highest BCUT2D eigenvalue weighted by Gasteiger charge is 2.29. The first-order valence-corrected chi connectivity index (χ1v) is 7.04. The lowest BCUT2D eigenvalue weighted by Crippen LogP contribution is -2.29. The maximum Gasteiger partial charge on any atom is 0.253 e. The summed E-state index contributed by atoms with van der Waals surface area (Å²) in [6.07, 6.45) is 1.05. The normalized spacial score (nSPS) is 21.1. The molecule has 4 N–H and O–H groups in total. The van der Waals surface area contributed by atoms with Crippen molar-refractivity contribution >= 4 is 23.2 Å². The minimum Gasteiger partial charge on any atom is -0.364 e. The monoisotopic (exact) mass is 291 g/mol. The van der Waals surface area contributed by atoms with Gasteiger partial charge in [0.2, 0.25) is 5.91 Å². The fourth-order valence-electron chi connectivity index (χ4n) is 2.37. The lowest BCUT2D eigenvalue weighted by atomic mass is 10.1. The molecule has 6 nitrogen and oxygen atoms in total. The van der Waals surface area contributed by atoms with Crippen molar-refractivity contribution < 1.29 is 14.3 Å². The topological polar surface area (TPSA) is 93.5 Å². The van der Waals surface area contributed by atoms with Crippen LogP contribution in [0.25, 0.3) is 0 Å². The van der Waals surface area contributed by atoms with E-state index in [4.69, 9.17) is 10.5 Å². The number of carbonyl (C=O) groups excluding carboxylic acids is 2. The SMILES string of the molecule is CC(=O)Nc1ccc(NC(=O)C2CCC(CN)O2)cc1C. The molecule has 1 aliphatic rings. The van der Waals surface area contributed by atoms with Crippen molar-refractivity contribution in [2.24, 2.45) is 5.73 Å². The van der Waals surface area contributed by atoms with Gasteiger partial charge in [-0.3, -0.25) is 9.59 Å². The van der Waals surface area contributed by atoms with E-state index in [9.17, 15) is 9.59 Å². The number of nitrogens with two attached hydrogens (primary N) is 1. The molecule has 2 unspecified atom stereocenters. The number of amides is 2. The van der Waals surface area contributed by atoms with E-state index in [0.717, 1.165) is 17.7 Å². The Hall–Kier alpha value is -1.92. The van der Waals surface area contributed by atoms with Gasteiger partial charge in [0, 0.05) is 24.8 Å². The van der Waals surface area contributed by atoms with Gasteiger partial charge >= 0.3 is 0 Å². The highest BCUT2D eigenvalue weighted by Crippen LogP contribution is 2.23. The molecule has 0 spiro atoms. The second-order valence-corrected chi connectivity index (χ2v) is 5.26. The molecule has 2 amide bonds. The number of nitrogens with one attached hydrogen (secondary N) is 2. The summed E-state index contributed by atoms with van der Waals surface area (Å²) in [5.41, 5.74) is 7.84. The summed E-state index contributed by atoms with van der Waals surface area (Å²) in [5, 5.41) is 5.56. The minimum atomic E-state index is -0.436. The van der Waals surface area contributed by atoms with Crippen molar-refractivity contribution in [1.29, 1.82) is 0 Å². The van der Waals surface area contributed by atoms with Gasteiger partial charge in [0.05, 0.1) is 6.10 Å². The summed E-state index contributed by atoms with van der Waals surface area (Å²) in [6, 6.07) is 5.34. The number of ether oxygens (including phenoxy) is 1. The molecule has 1 aliphatic heterocycles. The Kier molecular flexibility index (Phi) is 4.93. The predicted octanol–water partition coefficient (Wildman–Crippen LogP) is 1.40. The van der Waals surface area contributed by atoms with Crippen LogP contribution in [-0.4, -0.2) is 30.6 Å². The number of rotatable bonds is 4. The van der Waals surface area contributed by atoms with Gasteiger partial charge in [-0.15, -0.1) is 0 Å². The molecule has 1 heterocycles. The second kappa shape index (κ2) is 6.69. The number of aryl methyl sites for hydroxylation is 1. The maximum absolute atomic E-state index is 12.1. The van der Waals surface area contributed by atoms with Crippen molar-refractivity contribution in [2.75, 3.05) is 17.2 Å². The molecular formula is C15H21N3O3. The zero-order valence-corrected chi connectivity index (χ0v) is 12.3. The van der Waals surface area contributed by atoms with Crippen LogP contribution in [-0.2, 0) is 14.3 Å². The molecule has 1 saturated heterocycles. The Morgan fingerprint density at radius 3 is 2.67 bits per heavy atom. The fourth-order valence-corrected chi connectivity index (χ4v) is 2.37. The van der Waals surface area contributed by atoms with Crippen molar-refractivity contribution in [3.63, 3.8) is 0 Å². The molecule has 0 saturated carbocycles. The molecule has 0 aromatic heterocycles. The van der Waals surface area contributed by atoms with Crippen LogP contribution >= 0.6 is 0 Å². The lowest BCUT2D eigenvalue weighted by Gasteiger charge is -2.14. The third-order valence-electron chi connectivity index (χ3n) is 3.47. The minimum absolute atomic E-state index is 0.0235. The van der Waals surface area contributed by atoms with E-state index in [1.54, 1.807) is 12.1 Å². The summed E-state index contributed by atoms with van der Waals surface area (Å²) >= 11 is 0. The van der Waals surface area contributed by atoms with Crippen LogP contribution in [0.3, 0.4) is 0 Å². The van der Waals surface area contributed by atoms with Crippen LogP contribution in [0.1, 0.15) is 25.3 Å². The van der Waals surface area contributed by atoms with E-state index in [0.29, 0.717) is 18.7 Å². The molecule has 2 rings (SSSR count). The number of hydrogen-bond donors (Lipinski definition) is 3. The van der Waals surface area contributed by atoms with Gasteiger partial charge in [0.25, 0.3) is 5.91 Å². The third-order valence-corrected chi connectivity index (χ3v) is 3.47. The standard InChI is InChI=1S/C15H21N3O3/c1-9-7-11(3-5-13(9)17-10(2)19)18-15(20)14-6-4-12(8-16)21-14/h3,5,7,12,14H,4,6,8,16H2,1-2H3,(H,17,19)(H,18,20). The summed E-state index contributed by atoms with van der Waals surface area (Å²) < 4.78 is 5.56. The molecule has 6 heteroatoms. The first-order chi connectivity index (χ1) is 9.99. The van der Waals surface area contributed by atoms with Gasteiger partial charge in [-0.1, -0.05) is 0 Å². The smallest absolute Gasteiger partial charge is 0.253 e. The summed E-state index contributed by atoms with van der Waals surface area (Å²) in [7, 11) is 0. The summed E-state index contributed by atoms with van der Waals surface area (Å²) in [6.45, 7) is 3.77. The second-order valence-electron chi connectivity index (χ2n) is 5.26. The van der Waals surface area contributed by atoms with E-state index in [2.05, 4.69) is 10.6 Å². The van der Waals surface area contributed by atoms with E-state index in [1.165, 1.54) is 6.92 Å². The number of carbonyl (C=O) groups is 2. The zero-order valence-electron chi connectivity index (χ0n) is 12.3. The average molecular weight is 291 g/mol. The van der Waals surface area contributed by atoms with Gasteiger partial charge in [0.1, 0.15) is 6.10 Å². The maximum atomic E-state index is 12.1. The molecule has 21 heavy (non-hydrogen) atoms. The first-order valence-electron chi connectivity index (χ1n) is 7.04. The third kappa shape index (κ3) is 4.03. The van der Waals surface area contributed by atoms with Crippen molar-refractivity contribution in [2.45, 2.75) is 38.9 Å². The molecule has 0 bridgehead atoms. The van der Waals surface area contributed by atoms with E-state index >= 15 is 0 Å². The molecule has 114 valence electrons. The van der Waals surface area contributed by atoms with Crippen LogP contribution in [0.5, 0.6) is 0 Å². The van der Waals surface area contributed by atoms with Crippen LogP contribution < -0.4 is 16.4 Å². The van der Waals surface area contributed by atoms with Crippen LogP contribution in [0, 0.1) is 6.92 Å². The Bertz CT molecular complexity index is 545. The molecule has 0 radical (unpaired) electrons. The Labute approximate surface area is 124 Å². The van der Waals surface area contributed by atoms with Crippen molar-refractivity contribution in [3.8, 4) is 0 Å². The molecule has 1 aromatic rings. The van der Waals surface area contributed by atoms with Crippen LogP contribution in [0.2, 0.25) is 0 Å². The summed E-state index contributed by atoms with van der Waals surface area (Å²) in [5.74, 6) is -0.278. The van der Waals surface area contributed by atoms with E-state index in [-0.39, 0.29) is 17.9 Å².